The Hall–Kier alpha value is -3.72. The monoisotopic (exact) mass is 479 g/mol. The van der Waals surface area contributed by atoms with Crippen molar-refractivity contribution in [2.75, 3.05) is 7.05 Å². The number of aryl methyl sites for hydroxylation is 1. The van der Waals surface area contributed by atoms with Gasteiger partial charge in [-0.1, -0.05) is 73.5 Å². The van der Waals surface area contributed by atoms with Crippen LogP contribution in [0.4, 0.5) is 4.79 Å². The summed E-state index contributed by atoms with van der Waals surface area (Å²) in [5, 5.41) is 24.1. The zero-order valence-electron chi connectivity index (χ0n) is 19.1. The van der Waals surface area contributed by atoms with E-state index < -0.39 is 6.09 Å². The van der Waals surface area contributed by atoms with Crippen molar-refractivity contribution in [1.29, 1.82) is 0 Å². The Bertz CT molecular complexity index is 1250. The number of carbonyl (C=O) groups is 1. The first-order chi connectivity index (χ1) is 16.5. The lowest BCUT2D eigenvalue weighted by Crippen LogP contribution is -2.26. The maximum atomic E-state index is 11.4. The van der Waals surface area contributed by atoms with Gasteiger partial charge in [0.05, 0.1) is 12.2 Å². The van der Waals surface area contributed by atoms with Gasteiger partial charge < -0.3 is 14.6 Å². The normalized spacial score (nSPS) is 11.0. The first-order valence-electron chi connectivity index (χ1n) is 11.1. The van der Waals surface area contributed by atoms with Gasteiger partial charge in [0.15, 0.2) is 5.15 Å². The highest BCUT2D eigenvalue weighted by atomic mass is 35.5. The van der Waals surface area contributed by atoms with E-state index in [0.717, 1.165) is 47.3 Å². The lowest BCUT2D eigenvalue weighted by molar-refractivity contribution is 0.153. The second-order valence-corrected chi connectivity index (χ2v) is 8.43. The summed E-state index contributed by atoms with van der Waals surface area (Å²) in [4.78, 5) is 17.1. The van der Waals surface area contributed by atoms with Gasteiger partial charge in [0.25, 0.3) is 0 Å². The molecule has 0 radical (unpaired) electrons. The van der Waals surface area contributed by atoms with Crippen molar-refractivity contribution in [2.24, 2.45) is 0 Å². The van der Waals surface area contributed by atoms with Crippen LogP contribution in [0, 0.1) is 0 Å². The summed E-state index contributed by atoms with van der Waals surface area (Å²) in [5.74, 6) is 1.41. The molecule has 4 aromatic rings. The molecule has 10 heteroatoms. The largest absolute Gasteiger partial charge is 0.465 e. The van der Waals surface area contributed by atoms with Crippen molar-refractivity contribution in [3.05, 3.63) is 70.8 Å². The van der Waals surface area contributed by atoms with Gasteiger partial charge in [-0.15, -0.1) is 10.2 Å². The summed E-state index contributed by atoms with van der Waals surface area (Å²) in [5.41, 5.74) is 4.70. The first kappa shape index (κ1) is 23.4. The van der Waals surface area contributed by atoms with E-state index in [0.29, 0.717) is 23.2 Å². The zero-order chi connectivity index (χ0) is 24.1. The minimum absolute atomic E-state index is 0.170. The molecule has 2 heterocycles. The molecule has 2 N–H and O–H groups in total. The Morgan fingerprint density at radius 2 is 1.88 bits per heavy atom. The van der Waals surface area contributed by atoms with Crippen LogP contribution in [0.2, 0.25) is 5.15 Å². The maximum absolute atomic E-state index is 11.4. The number of nitrogens with zero attached hydrogens (tertiary/aromatic N) is 6. The van der Waals surface area contributed by atoms with Crippen LogP contribution in [-0.2, 0) is 19.5 Å². The van der Waals surface area contributed by atoms with E-state index in [-0.39, 0.29) is 6.54 Å². The third kappa shape index (κ3) is 5.09. The van der Waals surface area contributed by atoms with Gasteiger partial charge >= 0.3 is 6.09 Å². The number of hydrogen-bond donors (Lipinski definition) is 2. The SMILES string of the molecule is CCCCc1nc(Cl)c(CN(C)C(=O)O)n1Cc1ccc(-c2ccccc2-c2nn[nH]n2)cc1. The number of aromatic nitrogens is 6. The predicted molar refractivity (Wildman–Crippen MR) is 129 cm³/mol. The van der Waals surface area contributed by atoms with Gasteiger partial charge in [0, 0.05) is 25.6 Å². The number of imidazole rings is 1. The van der Waals surface area contributed by atoms with Gasteiger partial charge in [-0.25, -0.2) is 9.78 Å². The fraction of sp³-hybridized carbons (Fsp3) is 0.292. The Kier molecular flexibility index (Phi) is 7.22. The van der Waals surface area contributed by atoms with Crippen LogP contribution < -0.4 is 0 Å². The van der Waals surface area contributed by atoms with Crippen molar-refractivity contribution in [2.45, 2.75) is 39.3 Å². The second kappa shape index (κ2) is 10.5. The summed E-state index contributed by atoms with van der Waals surface area (Å²) in [6.07, 6.45) is 1.78. The van der Waals surface area contributed by atoms with Crippen LogP contribution in [0.15, 0.2) is 48.5 Å². The molecule has 0 spiro atoms. The second-order valence-electron chi connectivity index (χ2n) is 8.07. The summed E-state index contributed by atoms with van der Waals surface area (Å²) in [7, 11) is 1.53. The van der Waals surface area contributed by atoms with E-state index in [9.17, 15) is 9.90 Å². The van der Waals surface area contributed by atoms with Crippen LogP contribution in [0.25, 0.3) is 22.5 Å². The standard InChI is InChI=1S/C24H26ClN7O2/c1-3-4-9-21-26-22(25)20(15-31(2)24(33)34)32(21)14-16-10-12-17(13-11-16)18-7-5-6-8-19(18)23-27-29-30-28-23/h5-8,10-13H,3-4,9,14-15H2,1-2H3,(H,33,34)(H,27,28,29,30). The zero-order valence-corrected chi connectivity index (χ0v) is 19.8. The molecule has 0 saturated carbocycles. The van der Waals surface area contributed by atoms with E-state index in [1.807, 2.05) is 28.8 Å². The number of hydrogen-bond acceptors (Lipinski definition) is 5. The molecule has 2 aromatic heterocycles. The van der Waals surface area contributed by atoms with Crippen molar-refractivity contribution in [3.63, 3.8) is 0 Å². The van der Waals surface area contributed by atoms with E-state index in [2.05, 4.69) is 56.8 Å². The predicted octanol–water partition coefficient (Wildman–Crippen LogP) is 4.88. The number of unbranched alkanes of at least 4 members (excludes halogenated alkanes) is 1. The molecule has 0 aliphatic rings. The molecule has 0 atom stereocenters. The van der Waals surface area contributed by atoms with Crippen LogP contribution in [0.1, 0.15) is 36.8 Å². The number of halogens is 1. The average Bonchev–Trinajstić information content (AvgIpc) is 3.48. The highest BCUT2D eigenvalue weighted by Gasteiger charge is 2.19. The fourth-order valence-electron chi connectivity index (χ4n) is 3.84. The molecular weight excluding hydrogens is 454 g/mol. The minimum atomic E-state index is -1.01. The Morgan fingerprint density at radius 3 is 2.53 bits per heavy atom. The van der Waals surface area contributed by atoms with Gasteiger partial charge in [0.1, 0.15) is 5.82 Å². The Balaban J connectivity index is 1.63. The molecule has 0 saturated heterocycles. The van der Waals surface area contributed by atoms with Crippen LogP contribution >= 0.6 is 11.6 Å². The molecule has 1 amide bonds. The van der Waals surface area contributed by atoms with Crippen molar-refractivity contribution < 1.29 is 9.90 Å². The van der Waals surface area contributed by atoms with E-state index in [1.54, 1.807) is 0 Å². The van der Waals surface area contributed by atoms with Crippen LogP contribution in [-0.4, -0.2) is 53.3 Å². The number of aromatic amines is 1. The number of nitrogens with one attached hydrogen (secondary N) is 1. The van der Waals surface area contributed by atoms with Gasteiger partial charge in [0.2, 0.25) is 5.82 Å². The van der Waals surface area contributed by atoms with Gasteiger partial charge in [-0.3, -0.25) is 0 Å². The molecule has 0 aliphatic heterocycles. The molecule has 0 bridgehead atoms. The highest BCUT2D eigenvalue weighted by Crippen LogP contribution is 2.30. The number of benzene rings is 2. The molecule has 34 heavy (non-hydrogen) atoms. The number of amides is 1. The first-order valence-corrected chi connectivity index (χ1v) is 11.5. The third-order valence-electron chi connectivity index (χ3n) is 5.69. The summed E-state index contributed by atoms with van der Waals surface area (Å²) < 4.78 is 2.04. The number of tetrazole rings is 1. The molecule has 0 unspecified atom stereocenters. The molecule has 0 aliphatic carbocycles. The molecule has 176 valence electrons. The lowest BCUT2D eigenvalue weighted by atomic mass is 9.98. The van der Waals surface area contributed by atoms with E-state index >= 15 is 0 Å². The van der Waals surface area contributed by atoms with E-state index in [1.165, 1.54) is 11.9 Å². The molecule has 2 aromatic carbocycles. The number of rotatable bonds is 9. The van der Waals surface area contributed by atoms with Crippen molar-refractivity contribution >= 4 is 17.7 Å². The van der Waals surface area contributed by atoms with E-state index in [4.69, 9.17) is 11.6 Å². The number of carboxylic acid groups (broad SMARTS) is 1. The van der Waals surface area contributed by atoms with Crippen molar-refractivity contribution in [3.8, 4) is 22.5 Å². The third-order valence-corrected chi connectivity index (χ3v) is 5.99. The molecular formula is C24H26ClN7O2. The summed E-state index contributed by atoms with van der Waals surface area (Å²) >= 11 is 6.44. The smallest absolute Gasteiger partial charge is 0.407 e. The van der Waals surface area contributed by atoms with Crippen LogP contribution in [0.5, 0.6) is 0 Å². The highest BCUT2D eigenvalue weighted by molar-refractivity contribution is 6.30. The van der Waals surface area contributed by atoms with Crippen molar-refractivity contribution in [1.82, 2.24) is 35.1 Å². The lowest BCUT2D eigenvalue weighted by Gasteiger charge is -2.17. The molecule has 4 rings (SSSR count). The van der Waals surface area contributed by atoms with Crippen LogP contribution in [0.3, 0.4) is 0 Å². The number of H-pyrrole nitrogens is 1. The molecule has 0 fully saturated rings. The topological polar surface area (TPSA) is 113 Å². The Morgan fingerprint density at radius 1 is 1.15 bits per heavy atom. The van der Waals surface area contributed by atoms with Gasteiger partial charge in [-0.05, 0) is 28.3 Å². The van der Waals surface area contributed by atoms with Gasteiger partial charge in [-0.2, -0.15) is 5.21 Å². The fourth-order valence-corrected chi connectivity index (χ4v) is 4.10. The quantitative estimate of drug-likeness (QED) is 0.353. The minimum Gasteiger partial charge on any atom is -0.465 e. The Labute approximate surface area is 202 Å². The summed E-state index contributed by atoms with van der Waals surface area (Å²) in [6.45, 7) is 2.84. The summed E-state index contributed by atoms with van der Waals surface area (Å²) in [6, 6.07) is 16.1. The average molecular weight is 480 g/mol. The maximum Gasteiger partial charge on any atom is 0.407 e. The molecule has 9 nitrogen and oxygen atoms in total.